The summed E-state index contributed by atoms with van der Waals surface area (Å²) in [7, 11) is 1.35. The van der Waals surface area contributed by atoms with E-state index in [0.717, 1.165) is 49.9 Å². The SMILES string of the molecule is COC(=O)c1cnc(N2C3CC[C@H]2CC(OCc2c(-c4ccccc4OC(F)(F)F)noc2C2CC2)C3)c(C)c1. The highest BCUT2D eigenvalue weighted by Gasteiger charge is 2.43. The minimum atomic E-state index is -4.82. The van der Waals surface area contributed by atoms with Crippen molar-refractivity contribution in [2.45, 2.75) is 82.5 Å². The van der Waals surface area contributed by atoms with Crippen LogP contribution in [-0.4, -0.2) is 47.8 Å². The van der Waals surface area contributed by atoms with Crippen LogP contribution in [0.15, 0.2) is 41.1 Å². The first-order valence-corrected chi connectivity index (χ1v) is 13.5. The van der Waals surface area contributed by atoms with Gasteiger partial charge in [-0.1, -0.05) is 17.3 Å². The molecule has 1 aliphatic carbocycles. The molecule has 212 valence electrons. The molecule has 6 rings (SSSR count). The van der Waals surface area contributed by atoms with Gasteiger partial charge in [-0.15, -0.1) is 13.2 Å². The molecule has 3 atom stereocenters. The van der Waals surface area contributed by atoms with Gasteiger partial charge in [0.05, 0.1) is 25.4 Å². The average Bonchev–Trinajstić information content (AvgIpc) is 3.63. The van der Waals surface area contributed by atoms with Gasteiger partial charge in [0.1, 0.15) is 23.0 Å². The Kier molecular flexibility index (Phi) is 6.93. The van der Waals surface area contributed by atoms with E-state index < -0.39 is 12.3 Å². The highest BCUT2D eigenvalue weighted by molar-refractivity contribution is 5.89. The van der Waals surface area contributed by atoms with Crippen LogP contribution in [0.25, 0.3) is 11.3 Å². The van der Waals surface area contributed by atoms with Crippen molar-refractivity contribution in [3.05, 3.63) is 59.0 Å². The lowest BCUT2D eigenvalue weighted by Gasteiger charge is -2.40. The number of hydrogen-bond acceptors (Lipinski definition) is 8. The summed E-state index contributed by atoms with van der Waals surface area (Å²) in [6.07, 6.45) is 2.22. The van der Waals surface area contributed by atoms with E-state index in [2.05, 4.69) is 19.8 Å². The Balaban J connectivity index is 1.19. The number of alkyl halides is 3. The Morgan fingerprint density at radius 2 is 1.85 bits per heavy atom. The molecule has 3 aliphatic rings. The standard InChI is InChI=1S/C29H30F3N3O5/c1-16-11-18(28(36)37-2)14-33-27(16)35-19-9-10-20(35)13-21(12-19)38-15-23-25(34-40-26(23)17-7-8-17)22-5-3-4-6-24(22)39-29(30,31)32/h3-6,11,14,17,19-21H,7-10,12-13,15H2,1-2H3/t19-,20?,21?/m0/s1. The summed E-state index contributed by atoms with van der Waals surface area (Å²) in [5, 5.41) is 4.18. The molecule has 11 heteroatoms. The molecule has 3 aromatic rings. The zero-order valence-corrected chi connectivity index (χ0v) is 22.2. The molecule has 0 N–H and O–H groups in total. The monoisotopic (exact) mass is 557 g/mol. The molecule has 0 radical (unpaired) electrons. The highest BCUT2D eigenvalue weighted by atomic mass is 19.4. The molecule has 40 heavy (non-hydrogen) atoms. The number of aromatic nitrogens is 2. The van der Waals surface area contributed by atoms with Crippen molar-refractivity contribution >= 4 is 11.8 Å². The molecule has 1 saturated carbocycles. The van der Waals surface area contributed by atoms with Crippen LogP contribution in [0.1, 0.15) is 71.7 Å². The Morgan fingerprint density at radius 3 is 2.50 bits per heavy atom. The summed E-state index contributed by atoms with van der Waals surface area (Å²) >= 11 is 0. The molecule has 0 amide bonds. The van der Waals surface area contributed by atoms with Gasteiger partial charge in [-0.05, 0) is 69.2 Å². The van der Waals surface area contributed by atoms with E-state index in [4.69, 9.17) is 14.0 Å². The van der Waals surface area contributed by atoms with Crippen molar-refractivity contribution in [2.75, 3.05) is 12.0 Å². The van der Waals surface area contributed by atoms with Gasteiger partial charge in [-0.3, -0.25) is 0 Å². The van der Waals surface area contributed by atoms with Gasteiger partial charge in [0.25, 0.3) is 0 Å². The van der Waals surface area contributed by atoms with Crippen LogP contribution < -0.4 is 9.64 Å². The Bertz CT molecular complexity index is 1390. The van der Waals surface area contributed by atoms with Gasteiger partial charge in [-0.2, -0.15) is 0 Å². The number of anilines is 1. The smallest absolute Gasteiger partial charge is 0.465 e. The summed E-state index contributed by atoms with van der Waals surface area (Å²) in [6.45, 7) is 2.14. The van der Waals surface area contributed by atoms with Crippen molar-refractivity contribution < 1.29 is 36.7 Å². The van der Waals surface area contributed by atoms with E-state index >= 15 is 0 Å². The quantitative estimate of drug-likeness (QED) is 0.297. The molecular formula is C29H30F3N3O5. The molecule has 2 aliphatic heterocycles. The molecule has 2 bridgehead atoms. The number of benzene rings is 1. The second-order valence-electron chi connectivity index (χ2n) is 10.7. The molecule has 8 nitrogen and oxygen atoms in total. The second-order valence-corrected chi connectivity index (χ2v) is 10.7. The number of carbonyl (C=O) groups is 1. The largest absolute Gasteiger partial charge is 0.573 e. The Hall–Kier alpha value is -3.60. The summed E-state index contributed by atoms with van der Waals surface area (Å²) in [6, 6.07) is 8.26. The van der Waals surface area contributed by atoms with E-state index in [-0.39, 0.29) is 42.0 Å². The van der Waals surface area contributed by atoms with Gasteiger partial charge >= 0.3 is 12.3 Å². The van der Waals surface area contributed by atoms with Crippen molar-refractivity contribution in [1.82, 2.24) is 10.1 Å². The van der Waals surface area contributed by atoms with Crippen molar-refractivity contribution in [1.29, 1.82) is 0 Å². The van der Waals surface area contributed by atoms with Crippen molar-refractivity contribution in [3.63, 3.8) is 0 Å². The molecule has 2 saturated heterocycles. The number of ether oxygens (including phenoxy) is 3. The normalized spacial score (nSPS) is 22.4. The van der Waals surface area contributed by atoms with Gasteiger partial charge in [-0.25, -0.2) is 9.78 Å². The van der Waals surface area contributed by atoms with Crippen molar-refractivity contribution in [3.8, 4) is 17.0 Å². The number of carbonyl (C=O) groups excluding carboxylic acids is 1. The molecule has 2 unspecified atom stereocenters. The maximum atomic E-state index is 13.1. The van der Waals surface area contributed by atoms with Crippen LogP contribution in [0, 0.1) is 6.92 Å². The fraction of sp³-hybridized carbons (Fsp3) is 0.483. The number of hydrogen-bond donors (Lipinski definition) is 0. The van der Waals surface area contributed by atoms with E-state index in [1.807, 2.05) is 13.0 Å². The van der Waals surface area contributed by atoms with Gasteiger partial charge in [0, 0.05) is 35.3 Å². The van der Waals surface area contributed by atoms with Gasteiger partial charge < -0.3 is 23.6 Å². The fourth-order valence-corrected chi connectivity index (χ4v) is 6.09. The number of halogens is 3. The Labute approximate surface area is 229 Å². The number of para-hydroxylation sites is 1. The summed E-state index contributed by atoms with van der Waals surface area (Å²) in [5.74, 6) is 1.03. The van der Waals surface area contributed by atoms with Gasteiger partial charge in [0.15, 0.2) is 0 Å². The van der Waals surface area contributed by atoms with Gasteiger partial charge in [0.2, 0.25) is 0 Å². The lowest BCUT2D eigenvalue weighted by molar-refractivity contribution is -0.274. The third kappa shape index (κ3) is 5.26. The predicted molar refractivity (Wildman–Crippen MR) is 138 cm³/mol. The average molecular weight is 558 g/mol. The van der Waals surface area contributed by atoms with Crippen LogP contribution in [0.3, 0.4) is 0 Å². The summed E-state index contributed by atoms with van der Waals surface area (Å²) in [4.78, 5) is 18.9. The van der Waals surface area contributed by atoms with Crippen molar-refractivity contribution in [2.24, 2.45) is 0 Å². The van der Waals surface area contributed by atoms with Crippen LogP contribution in [0.2, 0.25) is 0 Å². The first-order chi connectivity index (χ1) is 19.2. The topological polar surface area (TPSA) is 86.9 Å². The number of aryl methyl sites for hydroxylation is 1. The molecule has 3 fully saturated rings. The van der Waals surface area contributed by atoms with E-state index in [1.54, 1.807) is 18.3 Å². The van der Waals surface area contributed by atoms with E-state index in [0.29, 0.717) is 22.6 Å². The first-order valence-electron chi connectivity index (χ1n) is 13.5. The minimum Gasteiger partial charge on any atom is -0.465 e. The number of nitrogens with zero attached hydrogens (tertiary/aromatic N) is 3. The Morgan fingerprint density at radius 1 is 1.12 bits per heavy atom. The van der Waals surface area contributed by atoms with Crippen LogP contribution >= 0.6 is 0 Å². The minimum absolute atomic E-state index is 0.0279. The predicted octanol–water partition coefficient (Wildman–Crippen LogP) is 6.32. The third-order valence-electron chi connectivity index (χ3n) is 8.00. The fourth-order valence-electron chi connectivity index (χ4n) is 6.09. The molecule has 1 aromatic carbocycles. The first kappa shape index (κ1) is 26.6. The maximum Gasteiger partial charge on any atom is 0.573 e. The third-order valence-corrected chi connectivity index (χ3v) is 8.00. The lowest BCUT2D eigenvalue weighted by Crippen LogP contribution is -2.46. The number of fused-ring (bicyclic) bond motifs is 2. The molecular weight excluding hydrogens is 527 g/mol. The van der Waals surface area contributed by atoms with E-state index in [9.17, 15) is 18.0 Å². The molecule has 2 aromatic heterocycles. The molecule has 0 spiro atoms. The maximum absolute atomic E-state index is 13.1. The number of methoxy groups -OCH3 is 1. The summed E-state index contributed by atoms with van der Waals surface area (Å²) < 4.78 is 60.5. The summed E-state index contributed by atoms with van der Waals surface area (Å²) in [5.41, 5.74) is 2.58. The zero-order valence-electron chi connectivity index (χ0n) is 22.2. The number of pyridine rings is 1. The second kappa shape index (κ2) is 10.4. The number of piperidine rings is 1. The highest BCUT2D eigenvalue weighted by Crippen LogP contribution is 2.46. The van der Waals surface area contributed by atoms with Crippen LogP contribution in [-0.2, 0) is 16.1 Å². The zero-order chi connectivity index (χ0) is 28.0. The van der Waals surface area contributed by atoms with Crippen LogP contribution in [0.4, 0.5) is 19.0 Å². The lowest BCUT2D eigenvalue weighted by atomic mass is 9.98. The van der Waals surface area contributed by atoms with Crippen LogP contribution in [0.5, 0.6) is 5.75 Å². The molecule has 4 heterocycles. The number of rotatable bonds is 8. The number of esters is 1. The van der Waals surface area contributed by atoms with E-state index in [1.165, 1.54) is 19.2 Å².